The van der Waals surface area contributed by atoms with E-state index in [1.54, 1.807) is 6.92 Å². The molecule has 0 aromatic rings. The van der Waals surface area contributed by atoms with Crippen LogP contribution in [0.5, 0.6) is 0 Å². The molecule has 4 aliphatic rings. The van der Waals surface area contributed by atoms with Crippen LogP contribution in [0.15, 0.2) is 0 Å². The van der Waals surface area contributed by atoms with Crippen molar-refractivity contribution >= 4 is 23.9 Å². The highest BCUT2D eigenvalue weighted by Crippen LogP contribution is 2.70. The number of carboxylic acids is 1. The lowest BCUT2D eigenvalue weighted by molar-refractivity contribution is -0.319. The molecule has 4 rings (SSSR count). The minimum absolute atomic E-state index is 0.000784. The molecule has 9 unspecified atom stereocenters. The van der Waals surface area contributed by atoms with Gasteiger partial charge in [-0.25, -0.2) is 0 Å². The number of hydrogen-bond donors (Lipinski definition) is 4. The molecule has 0 amide bonds. The summed E-state index contributed by atoms with van der Waals surface area (Å²) < 4.78 is 16.6. The molecule has 0 saturated heterocycles. The largest absolute Gasteiger partial charge is 0.481 e. The molecule has 0 aromatic heterocycles. The lowest BCUT2D eigenvalue weighted by Gasteiger charge is -2.68. The van der Waals surface area contributed by atoms with Gasteiger partial charge in [0.05, 0.1) is 28.6 Å². The maximum Gasteiger partial charge on any atom is 0.307 e. The smallest absolute Gasteiger partial charge is 0.307 e. The van der Waals surface area contributed by atoms with Crippen molar-refractivity contribution in [3.63, 3.8) is 0 Å². The van der Waals surface area contributed by atoms with Crippen molar-refractivity contribution in [2.24, 2.45) is 28.6 Å². The molecule has 4 fully saturated rings. The van der Waals surface area contributed by atoms with Gasteiger partial charge in [-0.3, -0.25) is 19.2 Å². The van der Waals surface area contributed by atoms with Crippen LogP contribution in [0.2, 0.25) is 0 Å². The van der Waals surface area contributed by atoms with Crippen molar-refractivity contribution in [2.45, 2.75) is 102 Å². The van der Waals surface area contributed by atoms with E-state index < -0.39 is 88.6 Å². The first-order valence-corrected chi connectivity index (χ1v) is 12.9. The van der Waals surface area contributed by atoms with E-state index in [-0.39, 0.29) is 44.9 Å². The van der Waals surface area contributed by atoms with Gasteiger partial charge in [0.25, 0.3) is 0 Å². The molecule has 0 spiro atoms. The third kappa shape index (κ3) is 4.04. The van der Waals surface area contributed by atoms with E-state index in [9.17, 15) is 39.6 Å². The summed E-state index contributed by atoms with van der Waals surface area (Å²) in [5.41, 5.74) is -5.85. The predicted molar refractivity (Wildman–Crippen MR) is 125 cm³/mol. The van der Waals surface area contributed by atoms with E-state index >= 15 is 0 Å². The Morgan fingerprint density at radius 1 is 0.919 bits per heavy atom. The summed E-state index contributed by atoms with van der Waals surface area (Å²) in [6.07, 6.45) is -2.42. The Morgan fingerprint density at radius 3 is 2.14 bits per heavy atom. The fraction of sp³-hybridized carbons (Fsp3) is 0.846. The van der Waals surface area contributed by atoms with E-state index in [0.717, 1.165) is 0 Å². The molecule has 0 heterocycles. The van der Waals surface area contributed by atoms with Crippen molar-refractivity contribution in [3.8, 4) is 0 Å². The average Bonchev–Trinajstić information content (AvgIpc) is 3.02. The van der Waals surface area contributed by atoms with Crippen molar-refractivity contribution in [1.82, 2.24) is 0 Å². The Morgan fingerprint density at radius 2 is 1.57 bits per heavy atom. The second-order valence-corrected chi connectivity index (χ2v) is 11.8. The van der Waals surface area contributed by atoms with Crippen LogP contribution in [0.25, 0.3) is 0 Å². The fourth-order valence-corrected chi connectivity index (χ4v) is 8.69. The number of ether oxygens (including phenoxy) is 3. The van der Waals surface area contributed by atoms with Crippen LogP contribution in [-0.2, 0) is 33.4 Å². The zero-order valence-corrected chi connectivity index (χ0v) is 21.8. The quantitative estimate of drug-likeness (QED) is 0.296. The zero-order chi connectivity index (χ0) is 27.6. The number of carbonyl (C=O) groups is 4. The van der Waals surface area contributed by atoms with E-state index in [4.69, 9.17) is 14.2 Å². The van der Waals surface area contributed by atoms with E-state index in [1.165, 1.54) is 20.8 Å². The van der Waals surface area contributed by atoms with Crippen molar-refractivity contribution in [1.29, 1.82) is 0 Å². The number of fused-ring (bicyclic) bond motifs is 5. The number of rotatable bonds is 5. The molecule has 4 aliphatic carbocycles. The summed E-state index contributed by atoms with van der Waals surface area (Å²) in [6, 6.07) is 0. The monoisotopic (exact) mass is 526 g/mol. The molecule has 11 nitrogen and oxygen atoms in total. The molecule has 10 atom stereocenters. The maximum absolute atomic E-state index is 12.3. The van der Waals surface area contributed by atoms with Crippen molar-refractivity contribution in [3.05, 3.63) is 0 Å². The lowest BCUT2D eigenvalue weighted by Crippen LogP contribution is -2.76. The minimum atomic E-state index is -1.69. The first-order valence-electron chi connectivity index (χ1n) is 12.9. The van der Waals surface area contributed by atoms with Gasteiger partial charge in [0.1, 0.15) is 18.8 Å². The summed E-state index contributed by atoms with van der Waals surface area (Å²) in [4.78, 5) is 48.1. The SMILES string of the molecule is CC(=O)OCC12C(O)CC(OC(C)=O)CC1(O)CCC1C2[C@H](OC(C)=O)CC2(C)C(C(=O)O)CCC12O. The predicted octanol–water partition coefficient (Wildman–Crippen LogP) is 0.947. The second-order valence-electron chi connectivity index (χ2n) is 11.8. The number of esters is 3. The third-order valence-electron chi connectivity index (χ3n) is 10.1. The fourth-order valence-electron chi connectivity index (χ4n) is 8.69. The highest BCUT2D eigenvalue weighted by molar-refractivity contribution is 5.72. The first kappa shape index (κ1) is 27.8. The molecule has 4 N–H and O–H groups in total. The van der Waals surface area contributed by atoms with E-state index in [1.807, 2.05) is 0 Å². The van der Waals surface area contributed by atoms with Gasteiger partial charge >= 0.3 is 23.9 Å². The minimum Gasteiger partial charge on any atom is -0.481 e. The summed E-state index contributed by atoms with van der Waals surface area (Å²) in [5, 5.41) is 46.0. The Labute approximate surface area is 215 Å². The first-order chi connectivity index (χ1) is 17.1. The Kier molecular flexibility index (Phi) is 6.91. The Hall–Kier alpha value is -2.24. The van der Waals surface area contributed by atoms with Gasteiger partial charge in [0.2, 0.25) is 0 Å². The topological polar surface area (TPSA) is 177 Å². The van der Waals surface area contributed by atoms with Gasteiger partial charge in [-0.05, 0) is 38.0 Å². The van der Waals surface area contributed by atoms with Crippen LogP contribution in [0.4, 0.5) is 0 Å². The number of aliphatic hydroxyl groups is 3. The molecule has 0 aliphatic heterocycles. The summed E-state index contributed by atoms with van der Waals surface area (Å²) in [5.74, 6) is -5.24. The number of carbonyl (C=O) groups excluding carboxylic acids is 3. The highest BCUT2D eigenvalue weighted by atomic mass is 16.6. The van der Waals surface area contributed by atoms with Gasteiger partial charge in [-0.1, -0.05) is 6.92 Å². The van der Waals surface area contributed by atoms with Gasteiger partial charge in [0.15, 0.2) is 0 Å². The molecular formula is C26H38O11. The van der Waals surface area contributed by atoms with Crippen LogP contribution in [-0.4, -0.2) is 80.4 Å². The van der Waals surface area contributed by atoms with E-state index in [0.29, 0.717) is 0 Å². The van der Waals surface area contributed by atoms with Gasteiger partial charge < -0.3 is 34.6 Å². The number of aliphatic hydroxyl groups excluding tert-OH is 1. The molecular weight excluding hydrogens is 488 g/mol. The average molecular weight is 527 g/mol. The van der Waals surface area contributed by atoms with Crippen LogP contribution >= 0.6 is 0 Å². The van der Waals surface area contributed by atoms with E-state index in [2.05, 4.69) is 0 Å². The molecule has 0 radical (unpaired) electrons. The Bertz CT molecular complexity index is 982. The van der Waals surface area contributed by atoms with Crippen LogP contribution in [0.3, 0.4) is 0 Å². The number of carboxylic acid groups (broad SMARTS) is 1. The van der Waals surface area contributed by atoms with Crippen LogP contribution < -0.4 is 0 Å². The standard InChI is InChI=1S/C26H38O11/c1-13(27)35-12-25-20(30)9-16(36-14(2)28)10-24(25,33)7-5-17-21(25)19(37-15(3)29)11-23(4)18(22(31)32)6-8-26(17,23)34/h16-21,30,33-34H,5-12H2,1-4H3,(H,31,32)/t16?,17?,18?,19-,20?,21?,23?,24?,25?,26?/m1/s1. The molecule has 4 saturated carbocycles. The van der Waals surface area contributed by atoms with Crippen molar-refractivity contribution < 1.29 is 53.8 Å². The van der Waals surface area contributed by atoms with Gasteiger partial charge in [-0.15, -0.1) is 0 Å². The van der Waals surface area contributed by atoms with Crippen LogP contribution in [0.1, 0.15) is 72.6 Å². The molecule has 0 bridgehead atoms. The summed E-state index contributed by atoms with van der Waals surface area (Å²) in [6.45, 7) is 4.97. The molecule has 208 valence electrons. The lowest BCUT2D eigenvalue weighted by atomic mass is 9.40. The summed E-state index contributed by atoms with van der Waals surface area (Å²) >= 11 is 0. The Balaban J connectivity index is 1.88. The second kappa shape index (κ2) is 9.20. The van der Waals surface area contributed by atoms with Crippen LogP contribution in [0, 0.1) is 28.6 Å². The normalized spacial score (nSPS) is 46.6. The zero-order valence-electron chi connectivity index (χ0n) is 21.8. The number of aliphatic carboxylic acids is 1. The summed E-state index contributed by atoms with van der Waals surface area (Å²) in [7, 11) is 0. The maximum atomic E-state index is 12.3. The highest BCUT2D eigenvalue weighted by Gasteiger charge is 2.77. The number of hydrogen-bond acceptors (Lipinski definition) is 10. The molecule has 11 heteroatoms. The van der Waals surface area contributed by atoms with Gasteiger partial charge in [0, 0.05) is 44.9 Å². The molecule has 0 aromatic carbocycles. The van der Waals surface area contributed by atoms with Crippen molar-refractivity contribution in [2.75, 3.05) is 6.61 Å². The van der Waals surface area contributed by atoms with Gasteiger partial charge in [-0.2, -0.15) is 0 Å². The third-order valence-corrected chi connectivity index (χ3v) is 10.1. The molecule has 37 heavy (non-hydrogen) atoms.